The molecule has 3 N–H and O–H groups in total. The summed E-state index contributed by atoms with van der Waals surface area (Å²) in [5.74, 6) is -2.08. The molecule has 0 aliphatic rings. The third-order valence-corrected chi connectivity index (χ3v) is 3.82. The Balaban J connectivity index is 2.47. The standard InChI is InChI=1S/C17H26FNO2/c1-2-3-4-5-6-7-8-9-14(17(20)21)15-12-13(18)10-11-16(15)19/h10-12,14H,2-9,19H2,1H3,(H,20,21). The van der Waals surface area contributed by atoms with Gasteiger partial charge in [-0.25, -0.2) is 4.39 Å². The summed E-state index contributed by atoms with van der Waals surface area (Å²) in [6.07, 6.45) is 8.42. The average Bonchev–Trinajstić information content (AvgIpc) is 2.44. The summed E-state index contributed by atoms with van der Waals surface area (Å²) in [6, 6.07) is 3.94. The van der Waals surface area contributed by atoms with Crippen molar-refractivity contribution in [1.29, 1.82) is 0 Å². The molecule has 0 amide bonds. The van der Waals surface area contributed by atoms with E-state index in [1.165, 1.54) is 43.9 Å². The smallest absolute Gasteiger partial charge is 0.311 e. The van der Waals surface area contributed by atoms with Gasteiger partial charge in [-0.2, -0.15) is 0 Å². The van der Waals surface area contributed by atoms with Crippen LogP contribution in [0.3, 0.4) is 0 Å². The van der Waals surface area contributed by atoms with E-state index in [1.807, 2.05) is 0 Å². The van der Waals surface area contributed by atoms with Crippen LogP contribution in [-0.4, -0.2) is 11.1 Å². The SMILES string of the molecule is CCCCCCCCCC(C(=O)O)c1cc(F)ccc1N. The predicted octanol–water partition coefficient (Wildman–Crippen LogP) is 4.72. The normalized spacial score (nSPS) is 12.3. The molecule has 0 aromatic heterocycles. The number of unbranched alkanes of at least 4 members (excludes halogenated alkanes) is 6. The molecule has 0 spiro atoms. The second-order valence-electron chi connectivity index (χ2n) is 5.57. The number of benzene rings is 1. The van der Waals surface area contributed by atoms with E-state index >= 15 is 0 Å². The Kier molecular flexibility index (Phi) is 7.80. The van der Waals surface area contributed by atoms with E-state index in [0.29, 0.717) is 17.7 Å². The number of carbonyl (C=O) groups is 1. The summed E-state index contributed by atoms with van der Waals surface area (Å²) < 4.78 is 13.3. The van der Waals surface area contributed by atoms with Gasteiger partial charge in [-0.05, 0) is 30.2 Å². The number of anilines is 1. The molecule has 21 heavy (non-hydrogen) atoms. The third kappa shape index (κ3) is 6.15. The minimum absolute atomic E-state index is 0.353. The van der Waals surface area contributed by atoms with Gasteiger partial charge in [0.25, 0.3) is 0 Å². The zero-order chi connectivity index (χ0) is 15.7. The zero-order valence-electron chi connectivity index (χ0n) is 12.8. The number of hydrogen-bond donors (Lipinski definition) is 2. The number of hydrogen-bond acceptors (Lipinski definition) is 2. The first-order chi connectivity index (χ1) is 10.1. The van der Waals surface area contributed by atoms with Crippen LogP contribution < -0.4 is 5.73 Å². The molecule has 0 radical (unpaired) electrons. The van der Waals surface area contributed by atoms with Crippen molar-refractivity contribution in [2.45, 2.75) is 64.2 Å². The van der Waals surface area contributed by atoms with Gasteiger partial charge in [-0.1, -0.05) is 51.9 Å². The highest BCUT2D eigenvalue weighted by atomic mass is 19.1. The van der Waals surface area contributed by atoms with E-state index in [-0.39, 0.29) is 0 Å². The predicted molar refractivity (Wildman–Crippen MR) is 83.8 cm³/mol. The highest BCUT2D eigenvalue weighted by molar-refractivity contribution is 5.78. The van der Waals surface area contributed by atoms with Gasteiger partial charge >= 0.3 is 5.97 Å². The molecule has 1 aromatic rings. The Morgan fingerprint density at radius 1 is 1.19 bits per heavy atom. The van der Waals surface area contributed by atoms with Gasteiger partial charge in [-0.3, -0.25) is 4.79 Å². The van der Waals surface area contributed by atoms with Crippen LogP contribution in [-0.2, 0) is 4.79 Å². The molecule has 0 fully saturated rings. The number of carboxylic acid groups (broad SMARTS) is 1. The molecule has 0 heterocycles. The average molecular weight is 295 g/mol. The molecular formula is C17H26FNO2. The van der Waals surface area contributed by atoms with Crippen molar-refractivity contribution in [1.82, 2.24) is 0 Å². The number of nitrogens with two attached hydrogens (primary N) is 1. The summed E-state index contributed by atoms with van der Waals surface area (Å²) in [4.78, 5) is 11.4. The van der Waals surface area contributed by atoms with E-state index in [4.69, 9.17) is 5.73 Å². The van der Waals surface area contributed by atoms with E-state index in [9.17, 15) is 14.3 Å². The van der Waals surface area contributed by atoms with Crippen LogP contribution in [0, 0.1) is 5.82 Å². The fourth-order valence-corrected chi connectivity index (χ4v) is 2.56. The summed E-state index contributed by atoms with van der Waals surface area (Å²) in [7, 11) is 0. The molecule has 1 atom stereocenters. The Morgan fingerprint density at radius 3 is 2.43 bits per heavy atom. The second kappa shape index (κ2) is 9.37. The lowest BCUT2D eigenvalue weighted by molar-refractivity contribution is -0.139. The van der Waals surface area contributed by atoms with E-state index < -0.39 is 17.7 Å². The van der Waals surface area contributed by atoms with Crippen molar-refractivity contribution in [3.63, 3.8) is 0 Å². The maximum Gasteiger partial charge on any atom is 0.311 e. The molecule has 1 unspecified atom stereocenters. The molecule has 1 aromatic carbocycles. The highest BCUT2D eigenvalue weighted by Crippen LogP contribution is 2.28. The van der Waals surface area contributed by atoms with Crippen LogP contribution in [0.25, 0.3) is 0 Å². The van der Waals surface area contributed by atoms with E-state index in [0.717, 1.165) is 19.3 Å². The van der Waals surface area contributed by atoms with Gasteiger partial charge in [0, 0.05) is 5.69 Å². The molecule has 0 saturated heterocycles. The van der Waals surface area contributed by atoms with E-state index in [2.05, 4.69) is 6.92 Å². The largest absolute Gasteiger partial charge is 0.481 e. The van der Waals surface area contributed by atoms with Crippen molar-refractivity contribution >= 4 is 11.7 Å². The topological polar surface area (TPSA) is 63.3 Å². The molecule has 3 nitrogen and oxygen atoms in total. The first kappa shape index (κ1) is 17.5. The van der Waals surface area contributed by atoms with Crippen LogP contribution in [0.2, 0.25) is 0 Å². The van der Waals surface area contributed by atoms with Gasteiger partial charge in [0.1, 0.15) is 5.82 Å². The summed E-state index contributed by atoms with van der Waals surface area (Å²) in [5, 5.41) is 9.34. The summed E-state index contributed by atoms with van der Waals surface area (Å²) in [6.45, 7) is 2.18. The molecule has 0 aliphatic carbocycles. The Hall–Kier alpha value is -1.58. The first-order valence-electron chi connectivity index (χ1n) is 7.84. The number of aliphatic carboxylic acids is 1. The van der Waals surface area contributed by atoms with Crippen LogP contribution in [0.15, 0.2) is 18.2 Å². The molecule has 0 saturated carbocycles. The lowest BCUT2D eigenvalue weighted by atomic mass is 9.91. The quantitative estimate of drug-likeness (QED) is 0.485. The highest BCUT2D eigenvalue weighted by Gasteiger charge is 2.22. The zero-order valence-corrected chi connectivity index (χ0v) is 12.8. The Morgan fingerprint density at radius 2 is 1.81 bits per heavy atom. The monoisotopic (exact) mass is 295 g/mol. The van der Waals surface area contributed by atoms with Gasteiger partial charge in [0.05, 0.1) is 5.92 Å². The van der Waals surface area contributed by atoms with Crippen molar-refractivity contribution in [3.05, 3.63) is 29.6 Å². The van der Waals surface area contributed by atoms with Crippen LogP contribution in [0.5, 0.6) is 0 Å². The second-order valence-corrected chi connectivity index (χ2v) is 5.57. The van der Waals surface area contributed by atoms with Crippen LogP contribution >= 0.6 is 0 Å². The van der Waals surface area contributed by atoms with Crippen molar-refractivity contribution in [2.24, 2.45) is 0 Å². The lowest BCUT2D eigenvalue weighted by Gasteiger charge is -2.15. The van der Waals surface area contributed by atoms with Gasteiger partial charge in [0.2, 0.25) is 0 Å². The van der Waals surface area contributed by atoms with Gasteiger partial charge < -0.3 is 10.8 Å². The maximum atomic E-state index is 13.3. The van der Waals surface area contributed by atoms with Gasteiger partial charge in [0.15, 0.2) is 0 Å². The molecular weight excluding hydrogens is 269 g/mol. The Labute approximate surface area is 126 Å². The minimum atomic E-state index is -0.932. The van der Waals surface area contributed by atoms with Crippen molar-refractivity contribution in [3.8, 4) is 0 Å². The number of rotatable bonds is 10. The van der Waals surface area contributed by atoms with Crippen LogP contribution in [0.4, 0.5) is 10.1 Å². The minimum Gasteiger partial charge on any atom is -0.481 e. The molecule has 0 bridgehead atoms. The third-order valence-electron chi connectivity index (χ3n) is 3.82. The Bertz CT molecular complexity index is 448. The number of nitrogen functional groups attached to an aromatic ring is 1. The molecule has 1 rings (SSSR count). The molecule has 4 heteroatoms. The molecule has 118 valence electrons. The molecule has 0 aliphatic heterocycles. The lowest BCUT2D eigenvalue weighted by Crippen LogP contribution is -2.14. The van der Waals surface area contributed by atoms with Crippen molar-refractivity contribution < 1.29 is 14.3 Å². The number of halogens is 1. The van der Waals surface area contributed by atoms with Crippen LogP contribution in [0.1, 0.15) is 69.8 Å². The summed E-state index contributed by atoms with van der Waals surface area (Å²) in [5.41, 5.74) is 6.53. The van der Waals surface area contributed by atoms with Gasteiger partial charge in [-0.15, -0.1) is 0 Å². The fraction of sp³-hybridized carbons (Fsp3) is 0.588. The first-order valence-corrected chi connectivity index (χ1v) is 7.84. The summed E-state index contributed by atoms with van der Waals surface area (Å²) >= 11 is 0. The maximum absolute atomic E-state index is 13.3. The number of carboxylic acids is 1. The van der Waals surface area contributed by atoms with Crippen molar-refractivity contribution in [2.75, 3.05) is 5.73 Å². The van der Waals surface area contributed by atoms with E-state index in [1.54, 1.807) is 0 Å². The fourth-order valence-electron chi connectivity index (χ4n) is 2.56.